The van der Waals surface area contributed by atoms with E-state index in [2.05, 4.69) is 5.32 Å². The van der Waals surface area contributed by atoms with Crippen LogP contribution in [0.4, 0.5) is 10.1 Å². The molecule has 0 radical (unpaired) electrons. The second kappa shape index (κ2) is 6.25. The van der Waals surface area contributed by atoms with Crippen LogP contribution >= 0.6 is 11.6 Å². The summed E-state index contributed by atoms with van der Waals surface area (Å²) in [5.41, 5.74) is -0.139. The normalized spacial score (nSPS) is 17.7. The zero-order chi connectivity index (χ0) is 18.6. The van der Waals surface area contributed by atoms with Gasteiger partial charge in [-0.25, -0.2) is 9.18 Å². The molecule has 2 N–H and O–H groups in total. The van der Waals surface area contributed by atoms with Crippen molar-refractivity contribution in [2.45, 2.75) is 25.8 Å². The van der Waals surface area contributed by atoms with E-state index in [1.165, 1.54) is 13.1 Å². The van der Waals surface area contributed by atoms with Crippen molar-refractivity contribution in [1.82, 2.24) is 9.88 Å². The van der Waals surface area contributed by atoms with Crippen molar-refractivity contribution in [2.75, 3.05) is 31.1 Å². The summed E-state index contributed by atoms with van der Waals surface area (Å²) in [6, 6.07) is 0.0921. The number of halogens is 2. The maximum atomic E-state index is 15.2. The summed E-state index contributed by atoms with van der Waals surface area (Å²) >= 11 is 6.62. The van der Waals surface area contributed by atoms with Crippen molar-refractivity contribution in [3.63, 3.8) is 0 Å². The molecule has 4 rings (SSSR count). The largest absolute Gasteiger partial charge is 0.477 e. The number of hydrogen-bond donors (Lipinski definition) is 2. The maximum Gasteiger partial charge on any atom is 0.341 e. The Morgan fingerprint density at radius 2 is 2.00 bits per heavy atom. The van der Waals surface area contributed by atoms with E-state index in [1.807, 2.05) is 4.90 Å². The van der Waals surface area contributed by atoms with Gasteiger partial charge < -0.3 is 19.9 Å². The van der Waals surface area contributed by atoms with Crippen molar-refractivity contribution >= 4 is 34.2 Å². The number of benzene rings is 1. The van der Waals surface area contributed by atoms with Gasteiger partial charge in [0.05, 0.1) is 21.6 Å². The number of piperazine rings is 1. The lowest BCUT2D eigenvalue weighted by Crippen LogP contribution is -2.44. The molecule has 0 amide bonds. The Morgan fingerprint density at radius 3 is 2.58 bits per heavy atom. The molecule has 0 bridgehead atoms. The van der Waals surface area contributed by atoms with Gasteiger partial charge in [-0.15, -0.1) is 0 Å². The number of nitrogens with one attached hydrogen (secondary N) is 1. The molecular weight excluding hydrogens is 361 g/mol. The molecule has 1 saturated carbocycles. The number of aromatic carboxylic acids is 1. The van der Waals surface area contributed by atoms with Crippen molar-refractivity contribution in [3.05, 3.63) is 38.4 Å². The Balaban J connectivity index is 2.09. The molecule has 8 heteroatoms. The Labute approximate surface area is 154 Å². The van der Waals surface area contributed by atoms with E-state index in [9.17, 15) is 14.7 Å². The molecule has 6 nitrogen and oxygen atoms in total. The van der Waals surface area contributed by atoms with Gasteiger partial charge in [-0.1, -0.05) is 11.6 Å². The van der Waals surface area contributed by atoms with Gasteiger partial charge in [0.15, 0.2) is 5.82 Å². The number of carbonyl (C=O) groups is 1. The Hall–Kier alpha value is -2.12. The van der Waals surface area contributed by atoms with Gasteiger partial charge in [-0.2, -0.15) is 0 Å². The minimum Gasteiger partial charge on any atom is -0.477 e. The number of pyridine rings is 1. The first kappa shape index (κ1) is 17.3. The van der Waals surface area contributed by atoms with Gasteiger partial charge in [0, 0.05) is 44.0 Å². The quantitative estimate of drug-likeness (QED) is 0.857. The lowest BCUT2D eigenvalue weighted by molar-refractivity contribution is 0.0695. The van der Waals surface area contributed by atoms with Gasteiger partial charge in [-0.05, 0) is 19.8 Å². The number of hydrogen-bond acceptors (Lipinski definition) is 4. The first-order valence-electron chi connectivity index (χ1n) is 8.67. The van der Waals surface area contributed by atoms with Gasteiger partial charge >= 0.3 is 5.97 Å². The number of rotatable bonds is 3. The molecule has 2 fully saturated rings. The third-order valence-electron chi connectivity index (χ3n) is 5.17. The highest BCUT2D eigenvalue weighted by Crippen LogP contribution is 2.43. The molecule has 26 heavy (non-hydrogen) atoms. The topological polar surface area (TPSA) is 74.6 Å². The highest BCUT2D eigenvalue weighted by Gasteiger charge is 2.31. The summed E-state index contributed by atoms with van der Waals surface area (Å²) < 4.78 is 16.9. The molecule has 2 aliphatic rings. The molecule has 2 heterocycles. The molecule has 0 atom stereocenters. The van der Waals surface area contributed by atoms with Crippen LogP contribution in [-0.4, -0.2) is 41.8 Å². The van der Waals surface area contributed by atoms with Crippen LogP contribution in [0.15, 0.2) is 11.0 Å². The van der Waals surface area contributed by atoms with Gasteiger partial charge in [-0.3, -0.25) is 4.79 Å². The van der Waals surface area contributed by atoms with Crippen LogP contribution < -0.4 is 15.6 Å². The number of aryl methyl sites for hydroxylation is 1. The SMILES string of the molecule is Cc1c(F)c(N2CCNCC2)c(Cl)c2c1c(=O)c(C(=O)O)cn2C1CC1. The summed E-state index contributed by atoms with van der Waals surface area (Å²) in [6.45, 7) is 4.19. The lowest BCUT2D eigenvalue weighted by atomic mass is 10.0. The smallest absolute Gasteiger partial charge is 0.341 e. The predicted molar refractivity (Wildman–Crippen MR) is 98.2 cm³/mol. The molecule has 1 aliphatic carbocycles. The van der Waals surface area contributed by atoms with E-state index in [1.54, 1.807) is 4.57 Å². The van der Waals surface area contributed by atoms with Gasteiger partial charge in [0.2, 0.25) is 5.43 Å². The average Bonchev–Trinajstić information content (AvgIpc) is 3.45. The third kappa shape index (κ3) is 2.57. The van der Waals surface area contributed by atoms with Crippen LogP contribution in [0, 0.1) is 12.7 Å². The van der Waals surface area contributed by atoms with E-state index in [0.29, 0.717) is 24.3 Å². The third-order valence-corrected chi connectivity index (χ3v) is 5.52. The molecule has 0 spiro atoms. The van der Waals surface area contributed by atoms with Crippen molar-refractivity contribution in [1.29, 1.82) is 0 Å². The van der Waals surface area contributed by atoms with Crippen LogP contribution in [0.2, 0.25) is 5.02 Å². The van der Waals surface area contributed by atoms with E-state index in [-0.39, 0.29) is 27.6 Å². The fraction of sp³-hybridized carbons (Fsp3) is 0.444. The molecule has 1 saturated heterocycles. The minimum atomic E-state index is -1.31. The summed E-state index contributed by atoms with van der Waals surface area (Å²) in [7, 11) is 0. The number of anilines is 1. The van der Waals surface area contributed by atoms with E-state index in [0.717, 1.165) is 25.9 Å². The summed E-state index contributed by atoms with van der Waals surface area (Å²) in [4.78, 5) is 26.1. The first-order chi connectivity index (χ1) is 12.4. The summed E-state index contributed by atoms with van der Waals surface area (Å²) in [5, 5.41) is 12.9. The van der Waals surface area contributed by atoms with Crippen LogP contribution in [0.5, 0.6) is 0 Å². The molecule has 1 aromatic carbocycles. The van der Waals surface area contributed by atoms with Crippen molar-refractivity contribution in [2.24, 2.45) is 0 Å². The van der Waals surface area contributed by atoms with E-state index < -0.39 is 17.2 Å². The van der Waals surface area contributed by atoms with E-state index >= 15 is 4.39 Å². The Bertz CT molecular complexity index is 978. The molecule has 0 unspecified atom stereocenters. The molecular formula is C18H19ClFN3O3. The number of nitrogens with zero attached hydrogens (tertiary/aromatic N) is 2. The minimum absolute atomic E-state index is 0.0678. The Kier molecular flexibility index (Phi) is 4.16. The molecule has 1 aromatic heterocycles. The molecule has 1 aliphatic heterocycles. The second-order valence-corrected chi connectivity index (χ2v) is 7.26. The van der Waals surface area contributed by atoms with Gasteiger partial charge in [0.25, 0.3) is 0 Å². The first-order valence-corrected chi connectivity index (χ1v) is 9.05. The number of carboxylic acids is 1. The van der Waals surface area contributed by atoms with E-state index in [4.69, 9.17) is 11.6 Å². The fourth-order valence-electron chi connectivity index (χ4n) is 3.66. The van der Waals surface area contributed by atoms with Crippen LogP contribution in [-0.2, 0) is 0 Å². The number of carboxylic acid groups (broad SMARTS) is 1. The van der Waals surface area contributed by atoms with Crippen LogP contribution in [0.3, 0.4) is 0 Å². The summed E-state index contributed by atoms with van der Waals surface area (Å²) in [6.07, 6.45) is 3.12. The average molecular weight is 380 g/mol. The number of fused-ring (bicyclic) bond motifs is 1. The highest BCUT2D eigenvalue weighted by molar-refractivity contribution is 6.38. The summed E-state index contributed by atoms with van der Waals surface area (Å²) in [5.74, 6) is -1.86. The van der Waals surface area contributed by atoms with Crippen LogP contribution in [0.25, 0.3) is 10.9 Å². The van der Waals surface area contributed by atoms with Crippen LogP contribution in [0.1, 0.15) is 34.8 Å². The maximum absolute atomic E-state index is 15.2. The van der Waals surface area contributed by atoms with Crippen molar-refractivity contribution in [3.8, 4) is 0 Å². The van der Waals surface area contributed by atoms with Crippen molar-refractivity contribution < 1.29 is 14.3 Å². The monoisotopic (exact) mass is 379 g/mol. The molecule has 138 valence electrons. The zero-order valence-corrected chi connectivity index (χ0v) is 15.1. The van der Waals surface area contributed by atoms with Gasteiger partial charge in [0.1, 0.15) is 5.56 Å². The number of aromatic nitrogens is 1. The highest BCUT2D eigenvalue weighted by atomic mass is 35.5. The predicted octanol–water partition coefficient (Wildman–Crippen LogP) is 2.55. The molecule has 2 aromatic rings. The zero-order valence-electron chi connectivity index (χ0n) is 14.3. The lowest BCUT2D eigenvalue weighted by Gasteiger charge is -2.31. The second-order valence-electron chi connectivity index (χ2n) is 6.88. The standard InChI is InChI=1S/C18H19ClFN3O3/c1-9-12-15(13(19)16(14(9)20)22-6-4-21-5-7-22)23(10-2-3-10)8-11(17(12)24)18(25)26/h8,10,21H,2-7H2,1H3,(H,25,26). The Morgan fingerprint density at radius 1 is 1.35 bits per heavy atom. The fourth-order valence-corrected chi connectivity index (χ4v) is 4.05.